The molecule has 39 heavy (non-hydrogen) atoms. The number of aryl methyl sites for hydroxylation is 1. The molecule has 3 saturated heterocycles. The summed E-state index contributed by atoms with van der Waals surface area (Å²) in [6.45, 7) is 5.34. The van der Waals surface area contributed by atoms with E-state index in [1.165, 1.54) is 18.6 Å². The summed E-state index contributed by atoms with van der Waals surface area (Å²) in [7, 11) is 1.46. The second kappa shape index (κ2) is 10.2. The SMILES string of the molecule is COC(=O)N1C[C@H]2C1CN2C1CCC(Nc2nc(Nc3cnn(C4CCOCC4)c3)nc3snc(C)c23)CC1. The molecule has 0 bridgehead atoms. The molecule has 3 aromatic rings. The monoisotopic (exact) mass is 553 g/mol. The Balaban J connectivity index is 0.999. The molecule has 1 saturated carbocycles. The predicted molar refractivity (Wildman–Crippen MR) is 148 cm³/mol. The van der Waals surface area contributed by atoms with E-state index in [1.807, 2.05) is 28.9 Å². The van der Waals surface area contributed by atoms with Gasteiger partial charge >= 0.3 is 6.09 Å². The third-order valence-electron chi connectivity index (χ3n) is 8.90. The fraction of sp³-hybridized carbons (Fsp3) is 0.654. The first-order valence-corrected chi connectivity index (χ1v) is 14.7. The molecule has 1 unspecified atom stereocenters. The maximum absolute atomic E-state index is 11.8. The van der Waals surface area contributed by atoms with Gasteiger partial charge in [-0.3, -0.25) is 9.58 Å². The van der Waals surface area contributed by atoms with Gasteiger partial charge in [0.15, 0.2) is 4.83 Å². The van der Waals surface area contributed by atoms with Gasteiger partial charge in [-0.05, 0) is 57.0 Å². The van der Waals surface area contributed by atoms with E-state index in [4.69, 9.17) is 19.4 Å². The molecule has 1 aliphatic carbocycles. The first-order valence-electron chi connectivity index (χ1n) is 14.0. The molecule has 7 rings (SSSR count). The van der Waals surface area contributed by atoms with Crippen LogP contribution in [-0.2, 0) is 9.47 Å². The van der Waals surface area contributed by atoms with Crippen molar-refractivity contribution in [2.45, 2.75) is 75.7 Å². The molecular weight excluding hydrogens is 518 g/mol. The number of amides is 1. The van der Waals surface area contributed by atoms with Crippen molar-refractivity contribution in [3.05, 3.63) is 18.1 Å². The van der Waals surface area contributed by atoms with Crippen molar-refractivity contribution in [3.8, 4) is 0 Å². The van der Waals surface area contributed by atoms with Crippen LogP contribution in [0.3, 0.4) is 0 Å². The van der Waals surface area contributed by atoms with E-state index in [1.54, 1.807) is 0 Å². The maximum Gasteiger partial charge on any atom is 0.409 e. The normalized spacial score (nSPS) is 27.5. The summed E-state index contributed by atoms with van der Waals surface area (Å²) < 4.78 is 17.0. The standard InChI is InChI=1S/C26H35N9O3S/c1-15-22-23(28-16-3-5-18(6-4-16)33-13-21-20(33)14-34(21)26(36)37-2)30-25(31-24(22)39-32-15)29-17-11-27-35(12-17)19-7-9-38-10-8-19/h11-12,16,18-21H,3-10,13-14H2,1-2H3,(H2,28,29,30,31)/t16?,18?,20-,21?/m0/s1. The average molecular weight is 554 g/mol. The Hall–Kier alpha value is -3.03. The zero-order chi connectivity index (χ0) is 26.5. The number of rotatable bonds is 6. The molecule has 4 aliphatic rings. The molecule has 2 N–H and O–H groups in total. The summed E-state index contributed by atoms with van der Waals surface area (Å²) in [5.74, 6) is 1.41. The Morgan fingerprint density at radius 2 is 1.90 bits per heavy atom. The van der Waals surface area contributed by atoms with Gasteiger partial charge in [0.1, 0.15) is 5.82 Å². The first kappa shape index (κ1) is 25.0. The lowest BCUT2D eigenvalue weighted by Gasteiger charge is -2.63. The molecule has 0 radical (unpaired) electrons. The van der Waals surface area contributed by atoms with Gasteiger partial charge in [0.25, 0.3) is 0 Å². The van der Waals surface area contributed by atoms with Crippen molar-refractivity contribution in [2.24, 2.45) is 0 Å². The molecule has 208 valence electrons. The number of fused-ring (bicyclic) bond motifs is 2. The molecule has 3 aliphatic heterocycles. The number of carbonyl (C=O) groups is 1. The van der Waals surface area contributed by atoms with Crippen LogP contribution < -0.4 is 10.6 Å². The summed E-state index contributed by atoms with van der Waals surface area (Å²) in [5.41, 5.74) is 1.83. The van der Waals surface area contributed by atoms with Gasteiger partial charge < -0.3 is 25.0 Å². The highest BCUT2D eigenvalue weighted by Crippen LogP contribution is 2.40. The molecule has 0 aromatic carbocycles. The fourth-order valence-electron chi connectivity index (χ4n) is 6.61. The number of nitrogens with one attached hydrogen (secondary N) is 2. The van der Waals surface area contributed by atoms with E-state index in [9.17, 15) is 4.79 Å². The first-order chi connectivity index (χ1) is 19.1. The number of methoxy groups -OCH3 is 1. The van der Waals surface area contributed by atoms with E-state index >= 15 is 0 Å². The van der Waals surface area contributed by atoms with Crippen LogP contribution in [0.1, 0.15) is 50.3 Å². The van der Waals surface area contributed by atoms with Crippen LogP contribution in [0.15, 0.2) is 12.4 Å². The molecule has 4 fully saturated rings. The second-order valence-electron chi connectivity index (χ2n) is 11.1. The van der Waals surface area contributed by atoms with Crippen LogP contribution in [0, 0.1) is 6.92 Å². The topological polar surface area (TPSA) is 123 Å². The Morgan fingerprint density at radius 3 is 2.64 bits per heavy atom. The number of piperazine rings is 1. The number of carbonyl (C=O) groups excluding carboxylic acids is 1. The number of aromatic nitrogens is 5. The molecule has 2 atom stereocenters. The van der Waals surface area contributed by atoms with Crippen molar-refractivity contribution >= 4 is 45.3 Å². The summed E-state index contributed by atoms with van der Waals surface area (Å²) in [6.07, 6.45) is 10.1. The third kappa shape index (κ3) is 4.59. The van der Waals surface area contributed by atoms with Crippen LogP contribution in [-0.4, -0.2) is 97.6 Å². The van der Waals surface area contributed by atoms with Crippen LogP contribution >= 0.6 is 11.5 Å². The van der Waals surface area contributed by atoms with Crippen molar-refractivity contribution in [3.63, 3.8) is 0 Å². The van der Waals surface area contributed by atoms with Crippen molar-refractivity contribution in [2.75, 3.05) is 44.0 Å². The summed E-state index contributed by atoms with van der Waals surface area (Å²) in [5, 5.41) is 12.7. The minimum Gasteiger partial charge on any atom is -0.453 e. The third-order valence-corrected chi connectivity index (χ3v) is 9.73. The van der Waals surface area contributed by atoms with E-state index < -0.39 is 0 Å². The lowest BCUT2D eigenvalue weighted by Crippen LogP contribution is -2.81. The zero-order valence-electron chi connectivity index (χ0n) is 22.4. The number of nitrogens with zero attached hydrogens (tertiary/aromatic N) is 7. The molecule has 13 heteroatoms. The van der Waals surface area contributed by atoms with Crippen LogP contribution in [0.2, 0.25) is 0 Å². The molecule has 6 heterocycles. The quantitative estimate of drug-likeness (QED) is 0.469. The highest BCUT2D eigenvalue weighted by Gasteiger charge is 2.55. The Labute approximate surface area is 231 Å². The molecule has 1 amide bonds. The lowest BCUT2D eigenvalue weighted by atomic mass is 9.80. The number of ether oxygens (including phenoxy) is 2. The highest BCUT2D eigenvalue weighted by atomic mass is 32.1. The van der Waals surface area contributed by atoms with Crippen molar-refractivity contribution in [1.29, 1.82) is 0 Å². The fourth-order valence-corrected chi connectivity index (χ4v) is 7.39. The maximum atomic E-state index is 11.8. The summed E-state index contributed by atoms with van der Waals surface area (Å²) >= 11 is 1.41. The van der Waals surface area contributed by atoms with Gasteiger partial charge in [0.2, 0.25) is 5.95 Å². The molecular formula is C26H35N9O3S. The second-order valence-corrected chi connectivity index (χ2v) is 11.9. The lowest BCUT2D eigenvalue weighted by molar-refractivity contribution is -0.133. The number of likely N-dealkylation sites (tertiary alicyclic amines) is 2. The Morgan fingerprint density at radius 1 is 1.08 bits per heavy atom. The van der Waals surface area contributed by atoms with Gasteiger partial charge in [-0.2, -0.15) is 19.4 Å². The van der Waals surface area contributed by atoms with Crippen LogP contribution in [0.4, 0.5) is 22.2 Å². The average Bonchev–Trinajstić information content (AvgIpc) is 3.57. The van der Waals surface area contributed by atoms with Gasteiger partial charge in [0, 0.05) is 50.6 Å². The van der Waals surface area contributed by atoms with Crippen LogP contribution in [0.25, 0.3) is 10.2 Å². The van der Waals surface area contributed by atoms with Gasteiger partial charge in [-0.1, -0.05) is 0 Å². The zero-order valence-corrected chi connectivity index (χ0v) is 23.2. The van der Waals surface area contributed by atoms with E-state index in [0.29, 0.717) is 36.2 Å². The smallest absolute Gasteiger partial charge is 0.409 e. The Bertz CT molecular complexity index is 1350. The molecule has 12 nitrogen and oxygen atoms in total. The van der Waals surface area contributed by atoms with Crippen molar-refractivity contribution in [1.82, 2.24) is 33.9 Å². The van der Waals surface area contributed by atoms with E-state index in [0.717, 1.165) is 92.2 Å². The van der Waals surface area contributed by atoms with Gasteiger partial charge in [-0.25, -0.2) is 4.79 Å². The predicted octanol–water partition coefficient (Wildman–Crippen LogP) is 3.54. The number of anilines is 3. The number of hydrogen-bond donors (Lipinski definition) is 2. The molecule has 0 spiro atoms. The molecule has 3 aromatic heterocycles. The van der Waals surface area contributed by atoms with Crippen molar-refractivity contribution < 1.29 is 14.3 Å². The Kier molecular flexibility index (Phi) is 6.52. The van der Waals surface area contributed by atoms with Gasteiger partial charge in [0.05, 0.1) is 42.2 Å². The summed E-state index contributed by atoms with van der Waals surface area (Å²) in [4.78, 5) is 26.8. The van der Waals surface area contributed by atoms with Gasteiger partial charge in [-0.15, -0.1) is 0 Å². The number of hydrogen-bond acceptors (Lipinski definition) is 11. The summed E-state index contributed by atoms with van der Waals surface area (Å²) in [6, 6.07) is 2.15. The minimum absolute atomic E-state index is 0.194. The highest BCUT2D eigenvalue weighted by molar-refractivity contribution is 7.13. The van der Waals surface area contributed by atoms with E-state index in [2.05, 4.69) is 25.0 Å². The van der Waals surface area contributed by atoms with E-state index in [-0.39, 0.29) is 6.09 Å². The minimum atomic E-state index is -0.194. The largest absolute Gasteiger partial charge is 0.453 e. The van der Waals surface area contributed by atoms with Crippen LogP contribution in [0.5, 0.6) is 0 Å².